The first-order chi connectivity index (χ1) is 8.41. The third-order valence-electron chi connectivity index (χ3n) is 3.01. The van der Waals surface area contributed by atoms with E-state index in [4.69, 9.17) is 18.0 Å². The summed E-state index contributed by atoms with van der Waals surface area (Å²) in [6.45, 7) is 3.66. The summed E-state index contributed by atoms with van der Waals surface area (Å²) in [5.41, 5.74) is 7.35. The van der Waals surface area contributed by atoms with Crippen LogP contribution < -0.4 is 5.73 Å². The monoisotopic (exact) mass is 262 g/mol. The van der Waals surface area contributed by atoms with Crippen LogP contribution in [0.25, 0.3) is 0 Å². The molecule has 4 nitrogen and oxygen atoms in total. The van der Waals surface area contributed by atoms with Gasteiger partial charge in [0.15, 0.2) is 0 Å². The van der Waals surface area contributed by atoms with Crippen molar-refractivity contribution in [2.75, 3.05) is 0 Å². The van der Waals surface area contributed by atoms with E-state index in [1.807, 2.05) is 13.0 Å². The number of rotatable bonds is 3. The lowest BCUT2D eigenvalue weighted by atomic mass is 10.1. The molecule has 0 radical (unpaired) electrons. The van der Waals surface area contributed by atoms with Crippen molar-refractivity contribution in [3.05, 3.63) is 34.9 Å². The van der Waals surface area contributed by atoms with Gasteiger partial charge < -0.3 is 5.73 Å². The summed E-state index contributed by atoms with van der Waals surface area (Å²) in [7, 11) is 0. The Labute approximate surface area is 111 Å². The van der Waals surface area contributed by atoms with Crippen molar-refractivity contribution in [3.63, 3.8) is 0 Å². The molecule has 2 amide bonds. The molecule has 0 saturated carbocycles. The molecule has 1 heterocycles. The number of thiocarbonyl (C=S) groups is 1. The number of amides is 2. The molecule has 1 unspecified atom stereocenters. The van der Waals surface area contributed by atoms with Crippen molar-refractivity contribution in [2.24, 2.45) is 5.73 Å². The zero-order valence-electron chi connectivity index (χ0n) is 10.3. The molecule has 1 atom stereocenters. The smallest absolute Gasteiger partial charge is 0.261 e. The standard InChI is InChI=1S/C13H14N2O2S/c1-7-3-4-9-10(5-7)13(17)15(12(9)16)8(2)6-11(14)18/h3-5,8H,6H2,1-2H3,(H2,14,18). The van der Waals surface area contributed by atoms with Crippen LogP contribution in [0, 0.1) is 6.92 Å². The van der Waals surface area contributed by atoms with E-state index in [1.165, 1.54) is 4.90 Å². The molecular formula is C13H14N2O2S. The number of aryl methyl sites for hydroxylation is 1. The second-order valence-corrected chi connectivity index (χ2v) is 5.07. The fourth-order valence-corrected chi connectivity index (χ4v) is 2.40. The Hall–Kier alpha value is -1.75. The molecule has 1 aromatic rings. The largest absolute Gasteiger partial charge is 0.393 e. The number of fused-ring (bicyclic) bond motifs is 1. The molecule has 2 rings (SSSR count). The summed E-state index contributed by atoms with van der Waals surface area (Å²) in [4.78, 5) is 25.9. The van der Waals surface area contributed by atoms with Gasteiger partial charge in [-0.25, -0.2) is 0 Å². The minimum absolute atomic E-state index is 0.262. The van der Waals surface area contributed by atoms with Crippen LogP contribution in [0.2, 0.25) is 0 Å². The van der Waals surface area contributed by atoms with Crippen molar-refractivity contribution in [1.82, 2.24) is 4.90 Å². The van der Waals surface area contributed by atoms with Crippen molar-refractivity contribution >= 4 is 29.0 Å². The van der Waals surface area contributed by atoms with Gasteiger partial charge >= 0.3 is 0 Å². The average Bonchev–Trinajstić information content (AvgIpc) is 2.50. The highest BCUT2D eigenvalue weighted by atomic mass is 32.1. The lowest BCUT2D eigenvalue weighted by Gasteiger charge is -2.21. The molecule has 2 N–H and O–H groups in total. The fraction of sp³-hybridized carbons (Fsp3) is 0.308. The highest BCUT2D eigenvalue weighted by molar-refractivity contribution is 7.80. The quantitative estimate of drug-likeness (QED) is 0.664. The van der Waals surface area contributed by atoms with E-state index in [0.29, 0.717) is 22.5 Å². The SMILES string of the molecule is Cc1ccc2c(c1)C(=O)N(C(C)CC(N)=S)C2=O. The molecule has 0 bridgehead atoms. The van der Waals surface area contributed by atoms with Gasteiger partial charge in [0.05, 0.1) is 16.1 Å². The second kappa shape index (κ2) is 4.49. The normalized spacial score (nSPS) is 15.8. The van der Waals surface area contributed by atoms with Crippen LogP contribution in [0.3, 0.4) is 0 Å². The summed E-state index contributed by atoms with van der Waals surface area (Å²) >= 11 is 4.82. The van der Waals surface area contributed by atoms with Gasteiger partial charge in [0.2, 0.25) is 0 Å². The van der Waals surface area contributed by atoms with E-state index >= 15 is 0 Å². The van der Waals surface area contributed by atoms with Crippen LogP contribution >= 0.6 is 12.2 Å². The predicted molar refractivity (Wildman–Crippen MR) is 72.5 cm³/mol. The van der Waals surface area contributed by atoms with E-state index in [9.17, 15) is 9.59 Å². The Morgan fingerprint density at radius 3 is 2.56 bits per heavy atom. The van der Waals surface area contributed by atoms with Gasteiger partial charge in [-0.05, 0) is 26.0 Å². The lowest BCUT2D eigenvalue weighted by molar-refractivity contribution is 0.0601. The number of nitrogens with zero attached hydrogens (tertiary/aromatic N) is 1. The van der Waals surface area contributed by atoms with Crippen molar-refractivity contribution in [2.45, 2.75) is 26.3 Å². The zero-order chi connectivity index (χ0) is 13.4. The predicted octanol–water partition coefficient (Wildman–Crippen LogP) is 1.66. The molecule has 0 aliphatic carbocycles. The fourth-order valence-electron chi connectivity index (χ4n) is 2.16. The molecule has 94 valence electrons. The maximum absolute atomic E-state index is 12.2. The average molecular weight is 262 g/mol. The minimum atomic E-state index is -0.310. The highest BCUT2D eigenvalue weighted by Crippen LogP contribution is 2.26. The number of hydrogen-bond acceptors (Lipinski definition) is 3. The molecule has 0 spiro atoms. The second-order valence-electron chi connectivity index (χ2n) is 4.55. The Kier molecular flexibility index (Phi) is 3.17. The molecule has 1 aromatic carbocycles. The molecule has 0 saturated heterocycles. The first kappa shape index (κ1) is 12.7. The summed E-state index contributed by atoms with van der Waals surface area (Å²) in [6, 6.07) is 4.95. The third kappa shape index (κ3) is 2.01. The van der Waals surface area contributed by atoms with Crippen LogP contribution in [0.15, 0.2) is 18.2 Å². The highest BCUT2D eigenvalue weighted by Gasteiger charge is 2.38. The van der Waals surface area contributed by atoms with Gasteiger partial charge in [0.25, 0.3) is 11.8 Å². The van der Waals surface area contributed by atoms with E-state index < -0.39 is 0 Å². The summed E-state index contributed by atoms with van der Waals surface area (Å²) < 4.78 is 0. The van der Waals surface area contributed by atoms with Gasteiger partial charge in [-0.15, -0.1) is 0 Å². The van der Waals surface area contributed by atoms with E-state index in [-0.39, 0.29) is 17.9 Å². The topological polar surface area (TPSA) is 63.4 Å². The lowest BCUT2D eigenvalue weighted by Crippen LogP contribution is -2.39. The van der Waals surface area contributed by atoms with Crippen molar-refractivity contribution in [3.8, 4) is 0 Å². The zero-order valence-corrected chi connectivity index (χ0v) is 11.1. The van der Waals surface area contributed by atoms with Gasteiger partial charge in [0.1, 0.15) is 0 Å². The maximum atomic E-state index is 12.2. The summed E-state index contributed by atoms with van der Waals surface area (Å²) in [6.07, 6.45) is 0.347. The number of imide groups is 1. The molecule has 1 aliphatic rings. The van der Waals surface area contributed by atoms with Crippen molar-refractivity contribution < 1.29 is 9.59 Å². The summed E-state index contributed by atoms with van der Waals surface area (Å²) in [5, 5.41) is 0. The first-order valence-electron chi connectivity index (χ1n) is 5.68. The number of benzene rings is 1. The van der Waals surface area contributed by atoms with Crippen LogP contribution in [0.5, 0.6) is 0 Å². The van der Waals surface area contributed by atoms with Gasteiger partial charge in [-0.3, -0.25) is 14.5 Å². The third-order valence-corrected chi connectivity index (χ3v) is 3.18. The Morgan fingerprint density at radius 1 is 1.33 bits per heavy atom. The van der Waals surface area contributed by atoms with Crippen LogP contribution in [-0.2, 0) is 0 Å². The van der Waals surface area contributed by atoms with Crippen LogP contribution in [-0.4, -0.2) is 27.7 Å². The number of hydrogen-bond donors (Lipinski definition) is 1. The number of carbonyl (C=O) groups is 2. The Morgan fingerprint density at radius 2 is 1.94 bits per heavy atom. The van der Waals surface area contributed by atoms with Crippen LogP contribution in [0.4, 0.5) is 0 Å². The Balaban J connectivity index is 2.36. The van der Waals surface area contributed by atoms with E-state index in [1.54, 1.807) is 19.1 Å². The van der Waals surface area contributed by atoms with E-state index in [0.717, 1.165) is 5.56 Å². The van der Waals surface area contributed by atoms with Crippen molar-refractivity contribution in [1.29, 1.82) is 0 Å². The molecule has 1 aliphatic heterocycles. The molecule has 18 heavy (non-hydrogen) atoms. The van der Waals surface area contributed by atoms with Gasteiger partial charge in [0, 0.05) is 12.5 Å². The maximum Gasteiger partial charge on any atom is 0.261 e. The number of nitrogens with two attached hydrogens (primary N) is 1. The van der Waals surface area contributed by atoms with Crippen LogP contribution in [0.1, 0.15) is 39.6 Å². The van der Waals surface area contributed by atoms with Gasteiger partial charge in [-0.2, -0.15) is 0 Å². The summed E-state index contributed by atoms with van der Waals surface area (Å²) in [5.74, 6) is -0.527. The molecular weight excluding hydrogens is 248 g/mol. The van der Waals surface area contributed by atoms with E-state index in [2.05, 4.69) is 0 Å². The molecule has 5 heteroatoms. The minimum Gasteiger partial charge on any atom is -0.393 e. The van der Waals surface area contributed by atoms with Gasteiger partial charge in [-0.1, -0.05) is 23.8 Å². The Bertz CT molecular complexity index is 554. The molecule has 0 fully saturated rings. The number of carbonyl (C=O) groups excluding carboxylic acids is 2. The molecule has 0 aromatic heterocycles. The first-order valence-corrected chi connectivity index (χ1v) is 6.09.